The molecular formula is C16H20N2O6. The Hall–Kier alpha value is -2.48. The molecule has 0 radical (unpaired) electrons. The van der Waals surface area contributed by atoms with Crippen molar-refractivity contribution in [1.29, 1.82) is 0 Å². The van der Waals surface area contributed by atoms with Crippen molar-refractivity contribution in [3.8, 4) is 0 Å². The minimum Gasteiger partial charge on any atom is -0.480 e. The molecule has 1 heterocycles. The standard InChI is InChI=1S/C16H20N2O6/c1-2-10-5-6-11(8-13(10)18(22)23)15(19)17-14(16(20)21)12-4-3-7-24-9-12/h5-6,8,12,14H,2-4,7,9H2,1H3,(H,17,19)(H,20,21). The normalized spacial score (nSPS) is 18.6. The van der Waals surface area contributed by atoms with Crippen LogP contribution < -0.4 is 5.32 Å². The molecule has 24 heavy (non-hydrogen) atoms. The Labute approximate surface area is 139 Å². The zero-order chi connectivity index (χ0) is 17.7. The Morgan fingerprint density at radius 2 is 2.25 bits per heavy atom. The molecule has 0 aliphatic carbocycles. The molecule has 2 N–H and O–H groups in total. The van der Waals surface area contributed by atoms with Crippen LogP contribution in [0.3, 0.4) is 0 Å². The van der Waals surface area contributed by atoms with Gasteiger partial charge in [-0.15, -0.1) is 0 Å². The number of nitrogens with one attached hydrogen (secondary N) is 1. The maximum atomic E-state index is 12.3. The number of carbonyl (C=O) groups excluding carboxylic acids is 1. The van der Waals surface area contributed by atoms with Crippen LogP contribution in [-0.2, 0) is 16.0 Å². The van der Waals surface area contributed by atoms with Crippen LogP contribution in [0.1, 0.15) is 35.7 Å². The van der Waals surface area contributed by atoms with Gasteiger partial charge in [-0.1, -0.05) is 13.0 Å². The number of nitro groups is 1. The summed E-state index contributed by atoms with van der Waals surface area (Å²) in [6, 6.07) is 3.09. The Bertz CT molecular complexity index is 639. The van der Waals surface area contributed by atoms with Crippen molar-refractivity contribution in [2.45, 2.75) is 32.2 Å². The van der Waals surface area contributed by atoms with E-state index in [9.17, 15) is 24.8 Å². The van der Waals surface area contributed by atoms with Gasteiger partial charge < -0.3 is 15.2 Å². The largest absolute Gasteiger partial charge is 0.480 e. The number of aryl methyl sites for hydroxylation is 1. The van der Waals surface area contributed by atoms with E-state index < -0.39 is 22.8 Å². The second-order valence-electron chi connectivity index (χ2n) is 5.72. The van der Waals surface area contributed by atoms with Crippen LogP contribution in [0.25, 0.3) is 0 Å². The third kappa shape index (κ3) is 4.08. The third-order valence-electron chi connectivity index (χ3n) is 4.14. The van der Waals surface area contributed by atoms with Gasteiger partial charge in [-0.3, -0.25) is 14.9 Å². The van der Waals surface area contributed by atoms with Crippen LogP contribution in [0, 0.1) is 16.0 Å². The number of benzene rings is 1. The smallest absolute Gasteiger partial charge is 0.326 e. The summed E-state index contributed by atoms with van der Waals surface area (Å²) in [6.07, 6.45) is 1.85. The number of rotatable bonds is 6. The number of amides is 1. The molecule has 2 atom stereocenters. The van der Waals surface area contributed by atoms with Gasteiger partial charge in [-0.25, -0.2) is 4.79 Å². The number of nitro benzene ring substituents is 1. The Balaban J connectivity index is 2.19. The van der Waals surface area contributed by atoms with Crippen molar-refractivity contribution in [2.75, 3.05) is 13.2 Å². The van der Waals surface area contributed by atoms with E-state index in [-0.39, 0.29) is 23.8 Å². The lowest BCUT2D eigenvalue weighted by Crippen LogP contribution is -2.48. The second-order valence-corrected chi connectivity index (χ2v) is 5.72. The van der Waals surface area contributed by atoms with Crippen molar-refractivity contribution in [3.63, 3.8) is 0 Å². The van der Waals surface area contributed by atoms with Crippen LogP contribution in [0.15, 0.2) is 18.2 Å². The maximum absolute atomic E-state index is 12.3. The number of carboxylic acids is 1. The van der Waals surface area contributed by atoms with Gasteiger partial charge in [0.15, 0.2) is 0 Å². The summed E-state index contributed by atoms with van der Waals surface area (Å²) in [5.41, 5.74) is 0.451. The molecule has 0 aromatic heterocycles. The average Bonchev–Trinajstić information content (AvgIpc) is 2.59. The number of hydrogen-bond donors (Lipinski definition) is 2. The molecule has 2 unspecified atom stereocenters. The zero-order valence-corrected chi connectivity index (χ0v) is 13.4. The molecule has 1 aliphatic heterocycles. The third-order valence-corrected chi connectivity index (χ3v) is 4.14. The Morgan fingerprint density at radius 3 is 2.79 bits per heavy atom. The molecule has 1 amide bonds. The Kier molecular flexibility index (Phi) is 5.86. The number of nitrogens with zero attached hydrogens (tertiary/aromatic N) is 1. The lowest BCUT2D eigenvalue weighted by molar-refractivity contribution is -0.385. The highest BCUT2D eigenvalue weighted by Gasteiger charge is 2.32. The van der Waals surface area contributed by atoms with Gasteiger partial charge in [-0.05, 0) is 25.3 Å². The molecule has 8 heteroatoms. The van der Waals surface area contributed by atoms with Crippen molar-refractivity contribution in [3.05, 3.63) is 39.4 Å². The van der Waals surface area contributed by atoms with E-state index in [1.807, 2.05) is 0 Å². The summed E-state index contributed by atoms with van der Waals surface area (Å²) in [7, 11) is 0. The van der Waals surface area contributed by atoms with E-state index in [0.717, 1.165) is 6.42 Å². The molecule has 1 fully saturated rings. The summed E-state index contributed by atoms with van der Waals surface area (Å²) in [5.74, 6) is -2.10. The van der Waals surface area contributed by atoms with Gasteiger partial charge in [0.25, 0.3) is 11.6 Å². The van der Waals surface area contributed by atoms with Crippen molar-refractivity contribution < 1.29 is 24.4 Å². The summed E-state index contributed by atoms with van der Waals surface area (Å²) < 4.78 is 5.28. The predicted molar refractivity (Wildman–Crippen MR) is 84.9 cm³/mol. The number of carboxylic acid groups (broad SMARTS) is 1. The van der Waals surface area contributed by atoms with Crippen LogP contribution in [0.2, 0.25) is 0 Å². The monoisotopic (exact) mass is 336 g/mol. The summed E-state index contributed by atoms with van der Waals surface area (Å²) in [4.78, 5) is 34.4. The van der Waals surface area contributed by atoms with E-state index in [1.54, 1.807) is 6.92 Å². The van der Waals surface area contributed by atoms with E-state index in [1.165, 1.54) is 18.2 Å². The van der Waals surface area contributed by atoms with E-state index in [0.29, 0.717) is 25.0 Å². The lowest BCUT2D eigenvalue weighted by atomic mass is 9.93. The minimum atomic E-state index is -1.14. The number of ether oxygens (including phenoxy) is 1. The highest BCUT2D eigenvalue weighted by Crippen LogP contribution is 2.22. The fourth-order valence-electron chi connectivity index (χ4n) is 2.81. The fourth-order valence-corrected chi connectivity index (χ4v) is 2.81. The van der Waals surface area contributed by atoms with Gasteiger partial charge in [0, 0.05) is 29.7 Å². The first-order valence-corrected chi connectivity index (χ1v) is 7.82. The first-order valence-electron chi connectivity index (χ1n) is 7.82. The molecule has 8 nitrogen and oxygen atoms in total. The van der Waals surface area contributed by atoms with Gasteiger partial charge in [-0.2, -0.15) is 0 Å². The first-order chi connectivity index (χ1) is 11.4. The van der Waals surface area contributed by atoms with Crippen molar-refractivity contribution in [2.24, 2.45) is 5.92 Å². The van der Waals surface area contributed by atoms with Gasteiger partial charge in [0.1, 0.15) is 6.04 Å². The molecule has 0 spiro atoms. The highest BCUT2D eigenvalue weighted by molar-refractivity contribution is 5.97. The molecule has 1 aromatic rings. The van der Waals surface area contributed by atoms with Crippen LogP contribution >= 0.6 is 0 Å². The van der Waals surface area contributed by atoms with E-state index in [2.05, 4.69) is 5.32 Å². The minimum absolute atomic E-state index is 0.0712. The van der Waals surface area contributed by atoms with Crippen molar-refractivity contribution in [1.82, 2.24) is 5.32 Å². The maximum Gasteiger partial charge on any atom is 0.326 e. The topological polar surface area (TPSA) is 119 Å². The van der Waals surface area contributed by atoms with Gasteiger partial charge in [0.2, 0.25) is 0 Å². The number of carbonyl (C=O) groups is 2. The quantitative estimate of drug-likeness (QED) is 0.603. The van der Waals surface area contributed by atoms with E-state index in [4.69, 9.17) is 4.74 Å². The number of aliphatic carboxylic acids is 1. The van der Waals surface area contributed by atoms with Crippen molar-refractivity contribution >= 4 is 17.6 Å². The Morgan fingerprint density at radius 1 is 1.50 bits per heavy atom. The fraction of sp³-hybridized carbons (Fsp3) is 0.500. The highest BCUT2D eigenvalue weighted by atomic mass is 16.6. The number of hydrogen-bond acceptors (Lipinski definition) is 5. The lowest BCUT2D eigenvalue weighted by Gasteiger charge is -2.28. The van der Waals surface area contributed by atoms with Crippen LogP contribution in [0.4, 0.5) is 5.69 Å². The molecule has 130 valence electrons. The molecule has 1 aromatic carbocycles. The summed E-state index contributed by atoms with van der Waals surface area (Å²) in [5, 5.41) is 22.9. The second kappa shape index (κ2) is 7.87. The van der Waals surface area contributed by atoms with Crippen LogP contribution in [0.5, 0.6) is 0 Å². The molecule has 1 saturated heterocycles. The van der Waals surface area contributed by atoms with Gasteiger partial charge in [0.05, 0.1) is 11.5 Å². The first kappa shape index (κ1) is 17.9. The molecular weight excluding hydrogens is 316 g/mol. The zero-order valence-electron chi connectivity index (χ0n) is 13.4. The summed E-state index contributed by atoms with van der Waals surface area (Å²) in [6.45, 7) is 2.64. The van der Waals surface area contributed by atoms with Gasteiger partial charge >= 0.3 is 5.97 Å². The SMILES string of the molecule is CCc1ccc(C(=O)NC(C(=O)O)C2CCCOC2)cc1[N+](=O)[O-]. The molecule has 0 bridgehead atoms. The predicted octanol–water partition coefficient (Wildman–Crippen LogP) is 1.77. The van der Waals surface area contributed by atoms with E-state index >= 15 is 0 Å². The summed E-state index contributed by atoms with van der Waals surface area (Å²) >= 11 is 0. The molecule has 2 rings (SSSR count). The average molecular weight is 336 g/mol. The molecule has 0 saturated carbocycles. The van der Waals surface area contributed by atoms with Crippen LogP contribution in [-0.4, -0.2) is 41.2 Å². The molecule has 1 aliphatic rings.